The van der Waals surface area contributed by atoms with Gasteiger partial charge in [-0.2, -0.15) is 0 Å². The minimum atomic E-state index is -0.664. The second-order valence-corrected chi connectivity index (χ2v) is 5.71. The summed E-state index contributed by atoms with van der Waals surface area (Å²) >= 11 is 0. The van der Waals surface area contributed by atoms with Gasteiger partial charge in [-0.3, -0.25) is 9.59 Å². The molecule has 2 aromatic rings. The molecular formula is C18H26ClN3O5. The topological polar surface area (TPSA) is 104 Å². The second-order valence-electron chi connectivity index (χ2n) is 5.71. The fraction of sp³-hybridized carbons (Fsp3) is 0.444. The number of carbonyl (C=O) groups is 1. The monoisotopic (exact) mass is 399 g/mol. The zero-order chi connectivity index (χ0) is 19.3. The van der Waals surface area contributed by atoms with E-state index in [1.807, 2.05) is 13.8 Å². The van der Waals surface area contributed by atoms with Gasteiger partial charge >= 0.3 is 0 Å². The van der Waals surface area contributed by atoms with Crippen molar-refractivity contribution in [2.24, 2.45) is 0 Å². The van der Waals surface area contributed by atoms with Gasteiger partial charge < -0.3 is 29.8 Å². The minimum Gasteiger partial charge on any atom is -0.506 e. The molecule has 0 aliphatic heterocycles. The number of rotatable bonds is 8. The van der Waals surface area contributed by atoms with Gasteiger partial charge in [0.15, 0.2) is 11.5 Å². The van der Waals surface area contributed by atoms with Crippen molar-refractivity contribution in [2.75, 3.05) is 40.4 Å². The van der Waals surface area contributed by atoms with Gasteiger partial charge in [0.2, 0.25) is 0 Å². The number of nitrogens with one attached hydrogen (secondary N) is 2. The average Bonchev–Trinajstić information content (AvgIpc) is 2.64. The highest BCUT2D eigenvalue weighted by atomic mass is 35.5. The molecule has 27 heavy (non-hydrogen) atoms. The molecule has 0 atom stereocenters. The Morgan fingerprint density at radius 2 is 1.78 bits per heavy atom. The van der Waals surface area contributed by atoms with Crippen LogP contribution < -0.4 is 20.3 Å². The summed E-state index contributed by atoms with van der Waals surface area (Å²) in [5.74, 6) is -0.209. The van der Waals surface area contributed by atoms with Crippen LogP contribution in [0.15, 0.2) is 16.9 Å². The Labute approximate surface area is 163 Å². The van der Waals surface area contributed by atoms with E-state index in [4.69, 9.17) is 9.47 Å². The maximum Gasteiger partial charge on any atom is 0.265 e. The number of ether oxygens (including phenoxy) is 2. The number of hydrogen-bond donors (Lipinski definition) is 3. The lowest BCUT2D eigenvalue weighted by atomic mass is 10.1. The highest BCUT2D eigenvalue weighted by Gasteiger charge is 2.20. The number of halogens is 1. The van der Waals surface area contributed by atoms with E-state index in [0.29, 0.717) is 35.5 Å². The summed E-state index contributed by atoms with van der Waals surface area (Å²) in [6, 6.07) is 3.06. The fourth-order valence-electron chi connectivity index (χ4n) is 2.77. The maximum atomic E-state index is 12.4. The van der Waals surface area contributed by atoms with Gasteiger partial charge in [0.05, 0.1) is 19.7 Å². The molecule has 0 aliphatic rings. The van der Waals surface area contributed by atoms with E-state index in [0.717, 1.165) is 13.1 Å². The van der Waals surface area contributed by atoms with E-state index in [1.54, 1.807) is 0 Å². The van der Waals surface area contributed by atoms with Crippen LogP contribution >= 0.6 is 12.4 Å². The van der Waals surface area contributed by atoms with Crippen LogP contribution in [0, 0.1) is 0 Å². The summed E-state index contributed by atoms with van der Waals surface area (Å²) in [5.41, 5.74) is -0.628. The molecule has 1 aromatic heterocycles. The van der Waals surface area contributed by atoms with Gasteiger partial charge in [0.1, 0.15) is 11.3 Å². The zero-order valence-electron chi connectivity index (χ0n) is 15.9. The first-order valence-electron chi connectivity index (χ1n) is 8.48. The summed E-state index contributed by atoms with van der Waals surface area (Å²) in [6.07, 6.45) is 0. The van der Waals surface area contributed by atoms with Crippen LogP contribution in [0.25, 0.3) is 10.9 Å². The number of nitrogens with zero attached hydrogens (tertiary/aromatic N) is 1. The Bertz CT molecular complexity index is 849. The first-order chi connectivity index (χ1) is 12.5. The Morgan fingerprint density at radius 1 is 1.19 bits per heavy atom. The first kappa shape index (κ1) is 22.6. The third kappa shape index (κ3) is 4.84. The van der Waals surface area contributed by atoms with Gasteiger partial charge in [-0.15, -0.1) is 12.4 Å². The number of aromatic hydroxyl groups is 1. The quantitative estimate of drug-likeness (QED) is 0.624. The maximum absolute atomic E-state index is 12.4. The molecule has 9 heteroatoms. The van der Waals surface area contributed by atoms with E-state index in [2.05, 4.69) is 15.2 Å². The molecule has 0 saturated heterocycles. The average molecular weight is 400 g/mol. The van der Waals surface area contributed by atoms with Crippen LogP contribution in [-0.4, -0.2) is 61.3 Å². The number of benzene rings is 1. The van der Waals surface area contributed by atoms with E-state index < -0.39 is 11.5 Å². The molecule has 1 amide bonds. The van der Waals surface area contributed by atoms with Crippen LogP contribution in [0.1, 0.15) is 24.2 Å². The number of methoxy groups -OCH3 is 2. The number of aromatic amines is 1. The number of hydrogen-bond acceptors (Lipinski definition) is 6. The summed E-state index contributed by atoms with van der Waals surface area (Å²) < 4.78 is 10.4. The summed E-state index contributed by atoms with van der Waals surface area (Å²) in [5, 5.41) is 13.5. The SMILES string of the molecule is CCN(CC)CCNC(=O)c1c(O)c2cc(OC)c(OC)cc2[nH]c1=O.Cl. The van der Waals surface area contributed by atoms with Crippen molar-refractivity contribution in [1.82, 2.24) is 15.2 Å². The highest BCUT2D eigenvalue weighted by Crippen LogP contribution is 2.35. The number of carbonyl (C=O) groups excluding carboxylic acids is 1. The van der Waals surface area contributed by atoms with Gasteiger partial charge in [-0.1, -0.05) is 13.8 Å². The van der Waals surface area contributed by atoms with E-state index in [-0.39, 0.29) is 23.7 Å². The molecule has 0 spiro atoms. The van der Waals surface area contributed by atoms with E-state index in [9.17, 15) is 14.7 Å². The van der Waals surface area contributed by atoms with Crippen LogP contribution in [0.2, 0.25) is 0 Å². The van der Waals surface area contributed by atoms with Crippen LogP contribution in [0.4, 0.5) is 0 Å². The predicted molar refractivity (Wildman–Crippen MR) is 107 cm³/mol. The zero-order valence-corrected chi connectivity index (χ0v) is 16.7. The molecule has 150 valence electrons. The molecular weight excluding hydrogens is 374 g/mol. The molecule has 1 aromatic carbocycles. The Balaban J connectivity index is 0.00000364. The van der Waals surface area contributed by atoms with Gasteiger partial charge in [0, 0.05) is 24.5 Å². The first-order valence-corrected chi connectivity index (χ1v) is 8.48. The largest absolute Gasteiger partial charge is 0.506 e. The molecule has 0 fully saturated rings. The van der Waals surface area contributed by atoms with Crippen molar-refractivity contribution in [1.29, 1.82) is 0 Å². The lowest BCUT2D eigenvalue weighted by Gasteiger charge is -2.18. The lowest BCUT2D eigenvalue weighted by molar-refractivity contribution is 0.0945. The van der Waals surface area contributed by atoms with Crippen LogP contribution in [-0.2, 0) is 0 Å². The van der Waals surface area contributed by atoms with Gasteiger partial charge in [0.25, 0.3) is 11.5 Å². The van der Waals surface area contributed by atoms with Gasteiger partial charge in [-0.05, 0) is 19.2 Å². The Hall–Kier alpha value is -2.45. The summed E-state index contributed by atoms with van der Waals surface area (Å²) in [4.78, 5) is 29.4. The number of H-pyrrole nitrogens is 1. The number of aromatic nitrogens is 1. The minimum absolute atomic E-state index is 0. The van der Waals surface area contributed by atoms with Crippen molar-refractivity contribution < 1.29 is 19.4 Å². The summed E-state index contributed by atoms with van der Waals surface area (Å²) in [6.45, 7) is 6.85. The fourth-order valence-corrected chi connectivity index (χ4v) is 2.77. The molecule has 0 unspecified atom stereocenters. The smallest absolute Gasteiger partial charge is 0.265 e. The molecule has 0 bridgehead atoms. The number of amides is 1. The number of fused-ring (bicyclic) bond motifs is 1. The molecule has 3 N–H and O–H groups in total. The van der Waals surface area contributed by atoms with Crippen LogP contribution in [0.5, 0.6) is 17.2 Å². The predicted octanol–water partition coefficient (Wildman–Crippen LogP) is 1.74. The highest BCUT2D eigenvalue weighted by molar-refractivity contribution is 6.02. The Kier molecular flexibility index (Phi) is 8.39. The molecule has 0 radical (unpaired) electrons. The molecule has 1 heterocycles. The third-order valence-electron chi connectivity index (χ3n) is 4.33. The van der Waals surface area contributed by atoms with Crippen molar-refractivity contribution in [3.05, 3.63) is 28.0 Å². The van der Waals surface area contributed by atoms with E-state index in [1.165, 1.54) is 26.4 Å². The molecule has 2 rings (SSSR count). The second kappa shape index (κ2) is 10.0. The lowest BCUT2D eigenvalue weighted by Crippen LogP contribution is -2.36. The number of likely N-dealkylation sites (N-methyl/N-ethyl adjacent to an activating group) is 1. The standard InChI is InChI=1S/C18H25N3O5.ClH/c1-5-21(6-2)8-7-19-17(23)15-16(22)11-9-13(25-3)14(26-4)10-12(11)20-18(15)24;/h9-10H,5-8H2,1-4H3,(H,19,23)(H2,20,22,24);1H. The number of pyridine rings is 1. The van der Waals surface area contributed by atoms with Crippen molar-refractivity contribution >= 4 is 29.2 Å². The third-order valence-corrected chi connectivity index (χ3v) is 4.33. The van der Waals surface area contributed by atoms with E-state index >= 15 is 0 Å². The molecule has 0 aliphatic carbocycles. The van der Waals surface area contributed by atoms with Gasteiger partial charge in [-0.25, -0.2) is 0 Å². The van der Waals surface area contributed by atoms with Crippen molar-refractivity contribution in [3.8, 4) is 17.2 Å². The molecule has 0 saturated carbocycles. The van der Waals surface area contributed by atoms with Crippen molar-refractivity contribution in [3.63, 3.8) is 0 Å². The molecule has 8 nitrogen and oxygen atoms in total. The Morgan fingerprint density at radius 3 is 2.33 bits per heavy atom. The normalized spacial score (nSPS) is 10.6. The summed E-state index contributed by atoms with van der Waals surface area (Å²) in [7, 11) is 2.94. The van der Waals surface area contributed by atoms with Crippen molar-refractivity contribution in [2.45, 2.75) is 13.8 Å². The van der Waals surface area contributed by atoms with Crippen LogP contribution in [0.3, 0.4) is 0 Å².